The average Bonchev–Trinajstić information content (AvgIpc) is 3.38. The number of aryl methyl sites for hydroxylation is 1. The maximum atomic E-state index is 12.8. The summed E-state index contributed by atoms with van der Waals surface area (Å²) in [5.74, 6) is 0.948. The standard InChI is InChI=1S/C20H21N6OP/c1-13-6-15(8-21-7-13)25-12-18-17(20(25)27)11-26(23-18)14-2-3-19(22-9-14)24-5-4-16(28)10-24/h2-3,6-9,11,16H,4-5,10,12,28H2,1H3/t16-/m1/s1. The first-order chi connectivity index (χ1) is 13.6. The predicted molar refractivity (Wildman–Crippen MR) is 111 cm³/mol. The van der Waals surface area contributed by atoms with Crippen LogP contribution in [0.3, 0.4) is 0 Å². The molecule has 2 aliphatic heterocycles. The Balaban J connectivity index is 1.37. The zero-order chi connectivity index (χ0) is 19.3. The topological polar surface area (TPSA) is 67.2 Å². The lowest BCUT2D eigenvalue weighted by atomic mass is 10.3. The summed E-state index contributed by atoms with van der Waals surface area (Å²) in [5, 5.41) is 4.63. The fraction of sp³-hybridized carbons (Fsp3) is 0.300. The van der Waals surface area contributed by atoms with Gasteiger partial charge in [0.05, 0.1) is 41.6 Å². The molecule has 0 bridgehead atoms. The fourth-order valence-corrected chi connectivity index (χ4v) is 4.20. The predicted octanol–water partition coefficient (Wildman–Crippen LogP) is 2.58. The lowest BCUT2D eigenvalue weighted by Crippen LogP contribution is -2.24. The Bertz CT molecular complexity index is 1050. The van der Waals surface area contributed by atoms with Crippen LogP contribution in [0.4, 0.5) is 11.5 Å². The largest absolute Gasteiger partial charge is 0.356 e. The van der Waals surface area contributed by atoms with Crippen LogP contribution >= 0.6 is 9.24 Å². The number of rotatable bonds is 3. The molecule has 0 spiro atoms. The number of amides is 1. The van der Waals surface area contributed by atoms with Gasteiger partial charge in [-0.3, -0.25) is 9.78 Å². The van der Waals surface area contributed by atoms with E-state index in [2.05, 4.69) is 29.2 Å². The molecule has 1 fully saturated rings. The van der Waals surface area contributed by atoms with Gasteiger partial charge in [-0.05, 0) is 42.8 Å². The molecule has 0 N–H and O–H groups in total. The molecule has 1 amide bonds. The second-order valence-electron chi connectivity index (χ2n) is 7.42. The van der Waals surface area contributed by atoms with E-state index in [0.717, 1.165) is 41.5 Å². The van der Waals surface area contributed by atoms with Crippen molar-refractivity contribution in [2.45, 2.75) is 25.5 Å². The number of anilines is 2. The summed E-state index contributed by atoms with van der Waals surface area (Å²) in [6.45, 7) is 4.48. The zero-order valence-electron chi connectivity index (χ0n) is 15.6. The van der Waals surface area contributed by atoms with E-state index in [1.54, 1.807) is 28.2 Å². The maximum Gasteiger partial charge on any atom is 0.262 e. The Labute approximate surface area is 165 Å². The third-order valence-corrected chi connectivity index (χ3v) is 5.84. The van der Waals surface area contributed by atoms with Gasteiger partial charge in [0, 0.05) is 25.5 Å². The highest BCUT2D eigenvalue weighted by atomic mass is 31.0. The van der Waals surface area contributed by atoms with Crippen molar-refractivity contribution in [3.8, 4) is 5.69 Å². The number of fused-ring (bicyclic) bond motifs is 1. The highest BCUT2D eigenvalue weighted by Gasteiger charge is 2.32. The first-order valence-corrected chi connectivity index (χ1v) is 10.0. The van der Waals surface area contributed by atoms with E-state index in [-0.39, 0.29) is 5.91 Å². The molecule has 8 heteroatoms. The SMILES string of the molecule is Cc1cncc(N2Cc3nn(-c4ccc(N5CC[C@@H](P)C5)nc4)cc3C2=O)c1. The Morgan fingerprint density at radius 2 is 2.07 bits per heavy atom. The van der Waals surface area contributed by atoms with Gasteiger partial charge in [0.15, 0.2) is 0 Å². The molecule has 3 aromatic heterocycles. The van der Waals surface area contributed by atoms with Crippen molar-refractivity contribution in [3.05, 3.63) is 59.8 Å². The number of carbonyl (C=O) groups excluding carboxylic acids is 1. The average molecular weight is 392 g/mol. The molecule has 0 radical (unpaired) electrons. The quantitative estimate of drug-likeness (QED) is 0.641. The molecule has 0 aromatic carbocycles. The second-order valence-corrected chi connectivity index (χ2v) is 8.36. The third kappa shape index (κ3) is 2.96. The van der Waals surface area contributed by atoms with E-state index < -0.39 is 0 Å². The molecule has 3 aromatic rings. The lowest BCUT2D eigenvalue weighted by molar-refractivity contribution is 0.0996. The van der Waals surface area contributed by atoms with Crippen molar-refractivity contribution < 1.29 is 4.79 Å². The van der Waals surface area contributed by atoms with Gasteiger partial charge in [-0.25, -0.2) is 9.67 Å². The van der Waals surface area contributed by atoms with Crippen molar-refractivity contribution in [1.82, 2.24) is 19.7 Å². The summed E-state index contributed by atoms with van der Waals surface area (Å²) < 4.78 is 1.74. The van der Waals surface area contributed by atoms with E-state index in [9.17, 15) is 4.79 Å². The molecule has 1 unspecified atom stereocenters. The first kappa shape index (κ1) is 17.3. The number of nitrogens with zero attached hydrogens (tertiary/aromatic N) is 6. The fourth-order valence-electron chi connectivity index (χ4n) is 3.80. The molecule has 2 aliphatic rings. The summed E-state index contributed by atoms with van der Waals surface area (Å²) in [6.07, 6.45) is 8.29. The van der Waals surface area contributed by atoms with Crippen molar-refractivity contribution in [1.29, 1.82) is 0 Å². The van der Waals surface area contributed by atoms with Crippen LogP contribution in [-0.2, 0) is 6.54 Å². The molecule has 0 saturated carbocycles. The molecule has 1 saturated heterocycles. The molecule has 142 valence electrons. The van der Waals surface area contributed by atoms with Crippen molar-refractivity contribution in [3.63, 3.8) is 0 Å². The number of carbonyl (C=O) groups is 1. The second kappa shape index (κ2) is 6.67. The third-order valence-electron chi connectivity index (χ3n) is 5.29. The molecule has 5 rings (SSSR count). The minimum absolute atomic E-state index is 0.0400. The number of pyridine rings is 2. The highest BCUT2D eigenvalue weighted by molar-refractivity contribution is 7.17. The smallest absolute Gasteiger partial charge is 0.262 e. The van der Waals surface area contributed by atoms with Crippen LogP contribution < -0.4 is 9.80 Å². The van der Waals surface area contributed by atoms with Crippen LogP contribution in [0.2, 0.25) is 0 Å². The van der Waals surface area contributed by atoms with E-state index in [1.807, 2.05) is 31.3 Å². The van der Waals surface area contributed by atoms with Crippen molar-refractivity contribution >= 4 is 26.7 Å². The van der Waals surface area contributed by atoms with Crippen LogP contribution in [0.25, 0.3) is 5.69 Å². The monoisotopic (exact) mass is 392 g/mol. The number of hydrogen-bond donors (Lipinski definition) is 0. The summed E-state index contributed by atoms with van der Waals surface area (Å²) >= 11 is 0. The molecule has 7 nitrogen and oxygen atoms in total. The Hall–Kier alpha value is -2.79. The van der Waals surface area contributed by atoms with Gasteiger partial charge in [0.25, 0.3) is 5.91 Å². The minimum Gasteiger partial charge on any atom is -0.356 e. The van der Waals surface area contributed by atoms with E-state index in [0.29, 0.717) is 17.8 Å². The van der Waals surface area contributed by atoms with Crippen LogP contribution in [0.5, 0.6) is 0 Å². The molecular weight excluding hydrogens is 371 g/mol. The van der Waals surface area contributed by atoms with Crippen molar-refractivity contribution in [2.75, 3.05) is 22.9 Å². The normalized spacial score (nSPS) is 18.8. The molecular formula is C20H21N6OP. The lowest BCUT2D eigenvalue weighted by Gasteiger charge is -2.17. The zero-order valence-corrected chi connectivity index (χ0v) is 16.8. The van der Waals surface area contributed by atoms with Gasteiger partial charge in [-0.2, -0.15) is 5.10 Å². The van der Waals surface area contributed by atoms with Gasteiger partial charge in [-0.1, -0.05) is 0 Å². The summed E-state index contributed by atoms with van der Waals surface area (Å²) in [7, 11) is 2.89. The van der Waals surface area contributed by atoms with Gasteiger partial charge < -0.3 is 9.80 Å². The van der Waals surface area contributed by atoms with Crippen molar-refractivity contribution in [2.24, 2.45) is 0 Å². The summed E-state index contributed by atoms with van der Waals surface area (Å²) in [6, 6.07) is 6.00. The molecule has 0 aliphatic carbocycles. The van der Waals surface area contributed by atoms with E-state index in [1.165, 1.54) is 6.42 Å². The van der Waals surface area contributed by atoms with Gasteiger partial charge >= 0.3 is 0 Å². The van der Waals surface area contributed by atoms with Crippen LogP contribution in [-0.4, -0.2) is 44.4 Å². The Kier molecular flexibility index (Phi) is 4.13. The number of hydrogen-bond acceptors (Lipinski definition) is 5. The van der Waals surface area contributed by atoms with Crippen LogP contribution in [0, 0.1) is 6.92 Å². The molecule has 28 heavy (non-hydrogen) atoms. The molecule has 5 heterocycles. The minimum atomic E-state index is -0.0400. The molecule has 2 atom stereocenters. The van der Waals surface area contributed by atoms with E-state index in [4.69, 9.17) is 0 Å². The van der Waals surface area contributed by atoms with Gasteiger partial charge in [0.2, 0.25) is 0 Å². The van der Waals surface area contributed by atoms with E-state index >= 15 is 0 Å². The Morgan fingerprint density at radius 3 is 2.75 bits per heavy atom. The maximum absolute atomic E-state index is 12.8. The highest BCUT2D eigenvalue weighted by Crippen LogP contribution is 2.29. The Morgan fingerprint density at radius 1 is 1.18 bits per heavy atom. The van der Waals surface area contributed by atoms with Gasteiger partial charge in [0.1, 0.15) is 5.82 Å². The van der Waals surface area contributed by atoms with Crippen LogP contribution in [0.1, 0.15) is 28.0 Å². The summed E-state index contributed by atoms with van der Waals surface area (Å²) in [4.78, 5) is 25.6. The summed E-state index contributed by atoms with van der Waals surface area (Å²) in [5.41, 5.74) is 4.73. The van der Waals surface area contributed by atoms with Crippen LogP contribution in [0.15, 0.2) is 43.0 Å². The number of aromatic nitrogens is 4. The van der Waals surface area contributed by atoms with Gasteiger partial charge in [-0.15, -0.1) is 9.24 Å². The first-order valence-electron chi connectivity index (χ1n) is 9.37.